The van der Waals surface area contributed by atoms with Crippen molar-refractivity contribution in [1.29, 1.82) is 0 Å². The predicted molar refractivity (Wildman–Crippen MR) is 262 cm³/mol. The average molecular weight is 1130 g/mol. The maximum Gasteiger partial charge on any atom is 0.314 e. The van der Waals surface area contributed by atoms with E-state index >= 15 is 0 Å². The predicted octanol–water partition coefficient (Wildman–Crippen LogP) is -0.474. The first-order valence-electron chi connectivity index (χ1n) is 25.5. The molecule has 22 N–H and O–H groups in total. The number of fused-ring (bicyclic) bond motifs is 3. The van der Waals surface area contributed by atoms with Crippen molar-refractivity contribution >= 4 is 5.97 Å². The van der Waals surface area contributed by atoms with Crippen LogP contribution in [-0.4, -0.2) is 219 Å². The summed E-state index contributed by atoms with van der Waals surface area (Å²) in [4.78, 5) is 14.2. The van der Waals surface area contributed by atoms with E-state index in [-0.39, 0.29) is 31.6 Å². The number of aliphatic hydroxyl groups excluding tert-OH is 22. The van der Waals surface area contributed by atoms with Crippen LogP contribution in [-0.2, 0) is 28.5 Å². The number of carbonyl (C=O) groups excluding carboxylic acids is 1. The zero-order chi connectivity index (χ0) is 58.8. The summed E-state index contributed by atoms with van der Waals surface area (Å²) in [5, 5.41) is 227. The summed E-state index contributed by atoms with van der Waals surface area (Å²) in [6.07, 6.45) is -22.1. The summed E-state index contributed by atoms with van der Waals surface area (Å²) in [5.41, 5.74) is -3.56. The van der Waals surface area contributed by atoms with Gasteiger partial charge in [-0.25, -0.2) is 0 Å². The summed E-state index contributed by atoms with van der Waals surface area (Å²) in [6, 6.07) is 0. The Hall–Kier alpha value is -4.73. The van der Waals surface area contributed by atoms with Gasteiger partial charge in [0, 0.05) is 58.5 Å². The van der Waals surface area contributed by atoms with Gasteiger partial charge in [-0.2, -0.15) is 0 Å². The minimum Gasteiger partial charge on any atom is -0.506 e. The fourth-order valence-corrected chi connectivity index (χ4v) is 11.9. The second-order valence-corrected chi connectivity index (χ2v) is 20.9. The van der Waals surface area contributed by atoms with Crippen LogP contribution in [0, 0.1) is 28.1 Å². The van der Waals surface area contributed by atoms with Crippen LogP contribution in [0.5, 0.6) is 0 Å². The van der Waals surface area contributed by atoms with Gasteiger partial charge in [0.2, 0.25) is 29.9 Å². The van der Waals surface area contributed by atoms with Gasteiger partial charge in [0.1, 0.15) is 30.5 Å². The minimum atomic E-state index is -2.75. The Morgan fingerprint density at radius 3 is 1.42 bits per heavy atom. The molecule has 0 aromatic rings. The molecule has 0 unspecified atom stereocenters. The third-order valence-electron chi connectivity index (χ3n) is 15.9. The fourth-order valence-electron chi connectivity index (χ4n) is 11.9. The second-order valence-electron chi connectivity index (χ2n) is 20.9. The Morgan fingerprint density at radius 2 is 0.936 bits per heavy atom. The first kappa shape index (κ1) is 65.8. The molecule has 16 atom stereocenters. The lowest BCUT2D eigenvalue weighted by atomic mass is 9.41. The van der Waals surface area contributed by atoms with Crippen molar-refractivity contribution in [3.63, 3.8) is 0 Å². The highest BCUT2D eigenvalue weighted by Gasteiger charge is 2.69. The Bertz CT molecular complexity index is 2210. The molecule has 4 fully saturated rings. The van der Waals surface area contributed by atoms with Crippen LogP contribution >= 0.6 is 0 Å². The molecule has 0 amide bonds. The lowest BCUT2D eigenvalue weighted by Crippen LogP contribution is -2.59. The molecule has 4 aliphatic carbocycles. The number of aliphatic hydroxyl groups is 22. The van der Waals surface area contributed by atoms with Gasteiger partial charge in [-0.05, 0) is 86.5 Å². The van der Waals surface area contributed by atoms with Gasteiger partial charge >= 0.3 is 5.97 Å². The Kier molecular flexibility index (Phi) is 23.3. The average Bonchev–Trinajstić information content (AvgIpc) is 3.66. The van der Waals surface area contributed by atoms with Gasteiger partial charge in [0.15, 0.2) is 40.3 Å². The normalized spacial score (nSPS) is 30.6. The third kappa shape index (κ3) is 14.2. The highest BCUT2D eigenvalue weighted by atomic mass is 16.7. The summed E-state index contributed by atoms with van der Waals surface area (Å²) in [7, 11) is 0. The first-order valence-corrected chi connectivity index (χ1v) is 25.5. The van der Waals surface area contributed by atoms with Crippen molar-refractivity contribution in [3.05, 3.63) is 69.7 Å². The van der Waals surface area contributed by atoms with Crippen molar-refractivity contribution in [2.24, 2.45) is 28.1 Å². The lowest BCUT2D eigenvalue weighted by Gasteiger charge is -2.64. The van der Waals surface area contributed by atoms with Crippen molar-refractivity contribution in [2.45, 2.75) is 171 Å². The third-order valence-corrected chi connectivity index (χ3v) is 15.9. The van der Waals surface area contributed by atoms with Crippen LogP contribution in [0.4, 0.5) is 0 Å². The second kappa shape index (κ2) is 27.6. The van der Waals surface area contributed by atoms with Crippen molar-refractivity contribution in [2.75, 3.05) is 33.0 Å². The summed E-state index contributed by atoms with van der Waals surface area (Å²) in [5.74, 6) is -14.2. The highest BCUT2D eigenvalue weighted by Crippen LogP contribution is 2.73. The molecule has 0 aromatic carbocycles. The van der Waals surface area contributed by atoms with E-state index in [9.17, 15) is 112 Å². The molecule has 78 heavy (non-hydrogen) atoms. The van der Waals surface area contributed by atoms with Gasteiger partial charge in [-0.3, -0.25) is 4.79 Å². The van der Waals surface area contributed by atoms with Crippen LogP contribution in [0.25, 0.3) is 0 Å². The van der Waals surface area contributed by atoms with Crippen molar-refractivity contribution in [1.82, 2.24) is 0 Å². The molecule has 0 saturated heterocycles. The molecule has 4 rings (SSSR count). The molecule has 0 heterocycles. The molecular formula is C50H80O28. The zero-order valence-corrected chi connectivity index (χ0v) is 43.4. The number of hydrogen-bond acceptors (Lipinski definition) is 28. The topological polar surface area (TPSA) is 508 Å². The van der Waals surface area contributed by atoms with E-state index < -0.39 is 212 Å². The Balaban J connectivity index is 1.61. The van der Waals surface area contributed by atoms with Crippen molar-refractivity contribution < 1.29 is 141 Å². The van der Waals surface area contributed by atoms with E-state index in [2.05, 4.69) is 6.58 Å². The molecular weight excluding hydrogens is 1050 g/mol. The smallest absolute Gasteiger partial charge is 0.314 e. The number of carbonyl (C=O) groups is 1. The summed E-state index contributed by atoms with van der Waals surface area (Å²) in [6.45, 7) is 4.56. The van der Waals surface area contributed by atoms with E-state index in [1.165, 1.54) is 0 Å². The van der Waals surface area contributed by atoms with Gasteiger partial charge in [-0.15, -0.1) is 0 Å². The SMILES string of the molecule is C=C1C[C@@]23CC[C@H]4[C@@](C)(CCC[C@@]4(C)C(=O)O[C@H](O)/C(O)=C(\O)[C@H](O)CCO[C@@H](O)/C(O)=C(\O)[C@H](O)CCO)[C@@H]2CC[C@]1(O[C@H](O)/C(O[C@H](O)/C(O)=C(\O)[C@H](O)CCO)=C(\O[C@H](O)/C(O)=C(\O)[C@H](O)CCO)[C@H](O)CCO)C3. The Morgan fingerprint density at radius 1 is 0.513 bits per heavy atom. The molecule has 0 aromatic heterocycles. The van der Waals surface area contributed by atoms with E-state index in [1.807, 2.05) is 6.92 Å². The fraction of sp³-hybridized carbons (Fsp3) is 0.740. The molecule has 0 radical (unpaired) electrons. The molecule has 1 spiro atoms. The molecule has 4 saturated carbocycles. The van der Waals surface area contributed by atoms with Gasteiger partial charge in [0.25, 0.3) is 18.9 Å². The summed E-state index contributed by atoms with van der Waals surface area (Å²) >= 11 is 0. The van der Waals surface area contributed by atoms with Crippen LogP contribution in [0.2, 0.25) is 0 Å². The number of ether oxygens (including phenoxy) is 5. The van der Waals surface area contributed by atoms with Crippen LogP contribution < -0.4 is 0 Å². The van der Waals surface area contributed by atoms with Crippen molar-refractivity contribution in [3.8, 4) is 0 Å². The van der Waals surface area contributed by atoms with Crippen LogP contribution in [0.15, 0.2) is 69.7 Å². The zero-order valence-electron chi connectivity index (χ0n) is 43.4. The maximum atomic E-state index is 14.2. The highest BCUT2D eigenvalue weighted by molar-refractivity contribution is 5.77. The quantitative estimate of drug-likeness (QED) is 0.0187. The van der Waals surface area contributed by atoms with E-state index in [0.29, 0.717) is 44.1 Å². The molecule has 28 heteroatoms. The molecule has 2 bridgehead atoms. The van der Waals surface area contributed by atoms with E-state index in [1.54, 1.807) is 6.92 Å². The standard InChI is InChI=1S/C50H80O28/c1-23-21-49-14-5-29-47(2,12-4-13-48(29,3)46(73)77-44(71)38(67)34(63)27(58)11-20-74-41(68)35(64)31(60)24(55)7-16-51)30(49)6-15-50(23,22-49)78-45(72)40(76-43(70)37(66)33(62)26(57)9-18-53)39(28(59)10-19-54)75-42(69)36(65)32(61)25(56)8-17-52/h24-30,41-45,51-72H,1,4-22H2,2-3H3/b35-31+,36-32+,37-33+,38-34+,40-39+/t24-,25-,26-,27-,28-,29+,30+,41-,42+,43+,44+,45+,47-,48-,49-,50+/m1/s1. The monoisotopic (exact) mass is 1130 g/mol. The lowest BCUT2D eigenvalue weighted by molar-refractivity contribution is -0.226. The van der Waals surface area contributed by atoms with Crippen LogP contribution in [0.1, 0.15) is 104 Å². The van der Waals surface area contributed by atoms with Crippen LogP contribution in [0.3, 0.4) is 0 Å². The summed E-state index contributed by atoms with van der Waals surface area (Å²) < 4.78 is 27.4. The molecule has 4 aliphatic rings. The van der Waals surface area contributed by atoms with E-state index in [0.717, 1.165) is 0 Å². The van der Waals surface area contributed by atoms with Gasteiger partial charge < -0.3 is 136 Å². The molecule has 0 aliphatic heterocycles. The van der Waals surface area contributed by atoms with Gasteiger partial charge in [0.05, 0.1) is 17.6 Å². The molecule has 28 nitrogen and oxygen atoms in total. The first-order chi connectivity index (χ1) is 36.5. The number of esters is 1. The largest absolute Gasteiger partial charge is 0.506 e. The molecule has 448 valence electrons. The minimum absolute atomic E-state index is 0.114. The number of rotatable bonds is 30. The number of hydrogen-bond donors (Lipinski definition) is 22. The van der Waals surface area contributed by atoms with E-state index in [4.69, 9.17) is 28.8 Å². The maximum absolute atomic E-state index is 14.2. The Labute approximate surface area is 448 Å². The van der Waals surface area contributed by atoms with Gasteiger partial charge in [-0.1, -0.05) is 19.9 Å².